The molecule has 0 amide bonds. The normalized spacial score (nSPS) is 38.7. The van der Waals surface area contributed by atoms with Crippen LogP contribution in [-0.2, 0) is 25.5 Å². The first kappa shape index (κ1) is 29.3. The highest BCUT2D eigenvalue weighted by Crippen LogP contribution is 2.70. The molecule has 0 bridgehead atoms. The third-order valence-corrected chi connectivity index (χ3v) is 11.6. The molecule has 230 valence electrons. The third-order valence-electron chi connectivity index (χ3n) is 11.6. The average Bonchev–Trinajstić information content (AvgIpc) is 3.50. The second kappa shape index (κ2) is 10.3. The Balaban J connectivity index is 1.15. The maximum absolute atomic E-state index is 13.7. The van der Waals surface area contributed by atoms with Gasteiger partial charge in [0.25, 0.3) is 0 Å². The fourth-order valence-corrected chi connectivity index (χ4v) is 9.65. The Bertz CT molecular complexity index is 1600. The van der Waals surface area contributed by atoms with Gasteiger partial charge in [-0.05, 0) is 67.4 Å². The van der Waals surface area contributed by atoms with E-state index in [0.29, 0.717) is 29.7 Å². The van der Waals surface area contributed by atoms with E-state index in [0.717, 1.165) is 24.0 Å². The van der Waals surface area contributed by atoms with Crippen molar-refractivity contribution in [2.45, 2.75) is 70.1 Å². The number of hydrogen-bond donors (Lipinski definition) is 3. The zero-order chi connectivity index (χ0) is 31.0. The smallest absolute Gasteiger partial charge is 0.193 e. The molecule has 4 aliphatic carbocycles. The van der Waals surface area contributed by atoms with E-state index in [2.05, 4.69) is 6.92 Å². The van der Waals surface area contributed by atoms with Crippen molar-refractivity contribution in [1.29, 1.82) is 0 Å². The molecular formula is C36H39NO7. The van der Waals surface area contributed by atoms with Gasteiger partial charge in [0.2, 0.25) is 0 Å². The number of hydrogen-bond acceptors (Lipinski definition) is 8. The lowest BCUT2D eigenvalue weighted by Crippen LogP contribution is -2.63. The number of carbonyl (C=O) groups excluding carboxylic acids is 3. The predicted molar refractivity (Wildman–Crippen MR) is 162 cm³/mol. The quantitative estimate of drug-likeness (QED) is 0.331. The molecule has 5 aliphatic rings. The lowest BCUT2D eigenvalue weighted by atomic mass is 9.46. The van der Waals surface area contributed by atoms with E-state index in [1.54, 1.807) is 48.6 Å². The molecule has 1 saturated heterocycles. The van der Waals surface area contributed by atoms with Gasteiger partial charge in [-0.3, -0.25) is 14.4 Å². The number of aliphatic hydroxyl groups is 2. The fraction of sp³-hybridized carbons (Fsp3) is 0.472. The Labute approximate surface area is 256 Å². The summed E-state index contributed by atoms with van der Waals surface area (Å²) in [6, 6.07) is 14.3. The number of carbonyl (C=O) groups is 3. The summed E-state index contributed by atoms with van der Waals surface area (Å²) >= 11 is 0. The molecule has 4 fully saturated rings. The van der Waals surface area contributed by atoms with Gasteiger partial charge in [-0.2, -0.15) is 0 Å². The Hall–Kier alpha value is -3.43. The molecule has 2 aromatic carbocycles. The molecule has 0 unspecified atom stereocenters. The molecule has 0 radical (unpaired) electrons. The molecular weight excluding hydrogens is 558 g/mol. The van der Waals surface area contributed by atoms with Crippen molar-refractivity contribution >= 4 is 23.0 Å². The molecule has 44 heavy (non-hydrogen) atoms. The first-order chi connectivity index (χ1) is 21.0. The lowest BCUT2D eigenvalue weighted by molar-refractivity contribution is -0.201. The highest BCUT2D eigenvalue weighted by molar-refractivity contribution is 6.01. The third kappa shape index (κ3) is 4.15. The van der Waals surface area contributed by atoms with Crippen LogP contribution in [0.25, 0.3) is 0 Å². The number of Topliss-reactive ketones (excluding diaryl/α,β-unsaturated/α-hetero) is 2. The molecule has 8 heteroatoms. The van der Waals surface area contributed by atoms with Crippen LogP contribution in [0.4, 0.5) is 5.69 Å². The van der Waals surface area contributed by atoms with E-state index in [-0.39, 0.29) is 35.7 Å². The highest BCUT2D eigenvalue weighted by atomic mass is 16.7. The van der Waals surface area contributed by atoms with Gasteiger partial charge >= 0.3 is 0 Å². The molecule has 0 spiro atoms. The van der Waals surface area contributed by atoms with Crippen molar-refractivity contribution in [2.24, 2.45) is 28.6 Å². The maximum atomic E-state index is 13.7. The number of nitrogen functional groups attached to an aromatic ring is 1. The zero-order valence-electron chi connectivity index (χ0n) is 25.1. The summed E-state index contributed by atoms with van der Waals surface area (Å²) in [4.78, 5) is 38.8. The minimum Gasteiger partial charge on any atom is -0.399 e. The minimum atomic E-state index is -1.42. The fourth-order valence-electron chi connectivity index (χ4n) is 9.65. The van der Waals surface area contributed by atoms with Crippen LogP contribution in [0.15, 0.2) is 72.3 Å². The van der Waals surface area contributed by atoms with Crippen LogP contribution < -0.4 is 5.73 Å². The van der Waals surface area contributed by atoms with Gasteiger partial charge in [0.1, 0.15) is 6.61 Å². The van der Waals surface area contributed by atoms with Crippen molar-refractivity contribution < 1.29 is 34.1 Å². The molecule has 9 atom stereocenters. The van der Waals surface area contributed by atoms with Crippen molar-refractivity contribution in [3.63, 3.8) is 0 Å². The van der Waals surface area contributed by atoms with Crippen LogP contribution in [0.1, 0.15) is 67.3 Å². The van der Waals surface area contributed by atoms with Gasteiger partial charge in [0.05, 0.1) is 12.2 Å². The number of allylic oxidation sites excluding steroid dienone is 4. The van der Waals surface area contributed by atoms with Crippen LogP contribution in [0.5, 0.6) is 0 Å². The van der Waals surface area contributed by atoms with E-state index >= 15 is 0 Å². The molecule has 3 saturated carbocycles. The second-order valence-electron chi connectivity index (χ2n) is 13.8. The number of ketones is 3. The number of anilines is 1. The van der Waals surface area contributed by atoms with Gasteiger partial charge in [-0.25, -0.2) is 0 Å². The summed E-state index contributed by atoms with van der Waals surface area (Å²) in [7, 11) is 0. The maximum Gasteiger partial charge on any atom is 0.193 e. The molecule has 1 heterocycles. The Morgan fingerprint density at radius 3 is 2.61 bits per heavy atom. The predicted octanol–water partition coefficient (Wildman–Crippen LogP) is 4.30. The summed E-state index contributed by atoms with van der Waals surface area (Å²) in [5.74, 6) is -0.474. The van der Waals surface area contributed by atoms with Gasteiger partial charge in [0, 0.05) is 40.0 Å². The Morgan fingerprint density at radius 1 is 1.11 bits per heavy atom. The Kier molecular flexibility index (Phi) is 6.86. The van der Waals surface area contributed by atoms with E-state index in [4.69, 9.17) is 15.2 Å². The second-order valence-corrected chi connectivity index (χ2v) is 13.8. The molecule has 7 rings (SSSR count). The molecule has 4 N–H and O–H groups in total. The van der Waals surface area contributed by atoms with E-state index < -0.39 is 47.3 Å². The van der Waals surface area contributed by atoms with Crippen LogP contribution in [-0.4, -0.2) is 52.0 Å². The SMILES string of the molecule is C[C@]12C=CC(=O)C=C1CC[C@@H]1[C@@H]2[C@@H](O)C[C@@]2(C)[C@H]1C[C@H]1O[C@@H](c3ccc(C(=O)Cc4cccc(N)c4)cc3)O[C@]12C(=O)CO. The number of fused-ring (bicyclic) bond motifs is 7. The van der Waals surface area contributed by atoms with E-state index in [1.165, 1.54) is 0 Å². The molecule has 1 aliphatic heterocycles. The minimum absolute atomic E-state index is 0.0134. The van der Waals surface area contributed by atoms with Crippen molar-refractivity contribution in [3.8, 4) is 0 Å². The van der Waals surface area contributed by atoms with Gasteiger partial charge in [-0.1, -0.05) is 61.9 Å². The van der Waals surface area contributed by atoms with E-state index in [9.17, 15) is 24.6 Å². The standard InChI is InChI=1S/C36H39NO7/c1-34-13-12-25(39)16-23(34)10-11-26-27-17-31-36(30(42)19-38,35(27,2)18-29(41)32(26)34)44-33(43-31)22-8-6-21(7-9-22)28(40)15-20-4-3-5-24(37)14-20/h3-9,12-14,16,26-27,29,31-33,38,41H,10-11,15,17-19,37H2,1-2H3/t26-,27-,29-,31+,32+,33+,34-,35-,36+/m0/s1. The molecule has 2 aromatic rings. The summed E-state index contributed by atoms with van der Waals surface area (Å²) in [6.45, 7) is 3.44. The lowest BCUT2D eigenvalue weighted by Gasteiger charge is -2.59. The summed E-state index contributed by atoms with van der Waals surface area (Å²) in [6.07, 6.45) is 5.79. The summed E-state index contributed by atoms with van der Waals surface area (Å²) in [5, 5.41) is 22.0. The number of nitrogens with two attached hydrogens (primary N) is 1. The first-order valence-corrected chi connectivity index (χ1v) is 15.6. The average molecular weight is 598 g/mol. The van der Waals surface area contributed by atoms with Crippen LogP contribution in [0.2, 0.25) is 0 Å². The number of aliphatic hydroxyl groups excluding tert-OH is 2. The number of benzene rings is 2. The molecule has 8 nitrogen and oxygen atoms in total. The van der Waals surface area contributed by atoms with Crippen LogP contribution in [0, 0.1) is 28.6 Å². The number of rotatable bonds is 6. The van der Waals surface area contributed by atoms with Gasteiger partial charge in [0.15, 0.2) is 29.2 Å². The van der Waals surface area contributed by atoms with Crippen LogP contribution >= 0.6 is 0 Å². The van der Waals surface area contributed by atoms with Gasteiger partial charge in [-0.15, -0.1) is 0 Å². The van der Waals surface area contributed by atoms with Gasteiger partial charge < -0.3 is 25.4 Å². The van der Waals surface area contributed by atoms with Crippen molar-refractivity contribution in [3.05, 3.63) is 89.0 Å². The first-order valence-electron chi connectivity index (χ1n) is 15.6. The highest BCUT2D eigenvalue weighted by Gasteiger charge is 2.75. The Morgan fingerprint density at radius 2 is 1.89 bits per heavy atom. The largest absolute Gasteiger partial charge is 0.399 e. The summed E-state index contributed by atoms with van der Waals surface area (Å²) in [5.41, 5.74) is 6.97. The van der Waals surface area contributed by atoms with E-state index in [1.807, 2.05) is 25.1 Å². The molecule has 0 aromatic heterocycles. The van der Waals surface area contributed by atoms with Crippen LogP contribution in [0.3, 0.4) is 0 Å². The topological polar surface area (TPSA) is 136 Å². The zero-order valence-corrected chi connectivity index (χ0v) is 25.1. The summed E-state index contributed by atoms with van der Waals surface area (Å²) < 4.78 is 13.2. The van der Waals surface area contributed by atoms with Crippen molar-refractivity contribution in [1.82, 2.24) is 0 Å². The monoisotopic (exact) mass is 597 g/mol. The number of ether oxygens (including phenoxy) is 2. The van der Waals surface area contributed by atoms with Crippen molar-refractivity contribution in [2.75, 3.05) is 12.3 Å².